The molecule has 1 aliphatic heterocycles. The third-order valence-electron chi connectivity index (χ3n) is 2.46. The van der Waals surface area contributed by atoms with Crippen LogP contribution in [0.4, 0.5) is 0 Å². The van der Waals surface area contributed by atoms with E-state index in [1.807, 2.05) is 0 Å². The van der Waals surface area contributed by atoms with Crippen LogP contribution >= 0.6 is 12.4 Å². The molecule has 0 bridgehead atoms. The summed E-state index contributed by atoms with van der Waals surface area (Å²) in [6.45, 7) is 4.94. The Morgan fingerprint density at radius 3 is 2.62 bits per heavy atom. The van der Waals surface area contributed by atoms with Crippen LogP contribution in [0.1, 0.15) is 26.7 Å². The van der Waals surface area contributed by atoms with Gasteiger partial charge in [0.05, 0.1) is 0 Å². The Balaban J connectivity index is 0.00000225. The molecule has 0 aromatic heterocycles. The predicted molar refractivity (Wildman–Crippen MR) is 64.6 cm³/mol. The van der Waals surface area contributed by atoms with Gasteiger partial charge < -0.3 is 16.0 Å². The molecule has 94 valence electrons. The van der Waals surface area contributed by atoms with E-state index >= 15 is 0 Å². The number of rotatable bonds is 3. The number of halogens is 1. The smallest absolute Gasteiger partial charge is 0.242 e. The van der Waals surface area contributed by atoms with Crippen molar-refractivity contribution in [1.82, 2.24) is 16.0 Å². The number of piperidine rings is 1. The molecule has 1 aliphatic rings. The van der Waals surface area contributed by atoms with Gasteiger partial charge in [-0.25, -0.2) is 0 Å². The van der Waals surface area contributed by atoms with Crippen LogP contribution in [0.5, 0.6) is 0 Å². The van der Waals surface area contributed by atoms with Gasteiger partial charge in [0.25, 0.3) is 0 Å². The highest BCUT2D eigenvalue weighted by Gasteiger charge is 2.19. The van der Waals surface area contributed by atoms with Gasteiger partial charge in [-0.05, 0) is 26.3 Å². The van der Waals surface area contributed by atoms with Crippen LogP contribution in [0, 0.1) is 0 Å². The van der Waals surface area contributed by atoms with Gasteiger partial charge in [-0.2, -0.15) is 0 Å². The molecule has 0 aliphatic carbocycles. The summed E-state index contributed by atoms with van der Waals surface area (Å²) >= 11 is 0. The molecule has 5 nitrogen and oxygen atoms in total. The summed E-state index contributed by atoms with van der Waals surface area (Å²) in [7, 11) is 0. The van der Waals surface area contributed by atoms with Gasteiger partial charge >= 0.3 is 0 Å². The maximum atomic E-state index is 11.6. The van der Waals surface area contributed by atoms with E-state index in [2.05, 4.69) is 16.0 Å². The van der Waals surface area contributed by atoms with Gasteiger partial charge in [0.2, 0.25) is 11.8 Å². The zero-order chi connectivity index (χ0) is 11.3. The first-order valence-electron chi connectivity index (χ1n) is 5.38. The number of hydrogen-bond donors (Lipinski definition) is 3. The maximum Gasteiger partial charge on any atom is 0.242 e. The lowest BCUT2D eigenvalue weighted by atomic mass is 10.1. The summed E-state index contributed by atoms with van der Waals surface area (Å²) in [6.07, 6.45) is 2.09. The minimum atomic E-state index is -0.454. The maximum absolute atomic E-state index is 11.6. The Morgan fingerprint density at radius 1 is 1.44 bits per heavy atom. The van der Waals surface area contributed by atoms with E-state index in [-0.39, 0.29) is 30.3 Å². The number of carbonyl (C=O) groups excluding carboxylic acids is 2. The SMILES string of the molecule is CC(=O)NC(C)C(=O)NC1CCCNC1.Cl. The Morgan fingerprint density at radius 2 is 2.12 bits per heavy atom. The fourth-order valence-corrected chi connectivity index (χ4v) is 1.67. The van der Waals surface area contributed by atoms with Crippen molar-refractivity contribution in [3.8, 4) is 0 Å². The van der Waals surface area contributed by atoms with Gasteiger partial charge in [0, 0.05) is 19.5 Å². The van der Waals surface area contributed by atoms with E-state index < -0.39 is 6.04 Å². The lowest BCUT2D eigenvalue weighted by Gasteiger charge is -2.25. The van der Waals surface area contributed by atoms with Gasteiger partial charge in [-0.1, -0.05) is 0 Å². The molecule has 0 radical (unpaired) electrons. The van der Waals surface area contributed by atoms with Crippen molar-refractivity contribution in [3.63, 3.8) is 0 Å². The van der Waals surface area contributed by atoms with E-state index in [1.165, 1.54) is 6.92 Å². The van der Waals surface area contributed by atoms with Crippen LogP contribution in [0.25, 0.3) is 0 Å². The minimum absolute atomic E-state index is 0. The van der Waals surface area contributed by atoms with E-state index in [1.54, 1.807) is 6.92 Å². The molecule has 1 rings (SSSR count). The number of nitrogens with one attached hydrogen (secondary N) is 3. The number of amides is 2. The fourth-order valence-electron chi connectivity index (χ4n) is 1.67. The summed E-state index contributed by atoms with van der Waals surface area (Å²) < 4.78 is 0. The summed E-state index contributed by atoms with van der Waals surface area (Å²) in [5.74, 6) is -0.293. The summed E-state index contributed by atoms with van der Waals surface area (Å²) in [4.78, 5) is 22.3. The molecular weight excluding hydrogens is 230 g/mol. The van der Waals surface area contributed by atoms with Gasteiger partial charge in [-0.15, -0.1) is 12.4 Å². The molecule has 6 heteroatoms. The van der Waals surface area contributed by atoms with Crippen LogP contribution in [0.15, 0.2) is 0 Å². The van der Waals surface area contributed by atoms with Crippen molar-refractivity contribution < 1.29 is 9.59 Å². The lowest BCUT2D eigenvalue weighted by molar-refractivity contribution is -0.128. The first kappa shape index (κ1) is 15.2. The van der Waals surface area contributed by atoms with Crippen molar-refractivity contribution in [3.05, 3.63) is 0 Å². The molecule has 2 atom stereocenters. The van der Waals surface area contributed by atoms with Gasteiger partial charge in [0.1, 0.15) is 6.04 Å². The third kappa shape index (κ3) is 5.32. The van der Waals surface area contributed by atoms with Gasteiger partial charge in [0.15, 0.2) is 0 Å². The molecule has 0 spiro atoms. The summed E-state index contributed by atoms with van der Waals surface area (Å²) in [6, 6.07) is -0.258. The van der Waals surface area contributed by atoms with Crippen LogP contribution in [-0.4, -0.2) is 37.0 Å². The second-order valence-corrected chi connectivity index (χ2v) is 3.97. The average Bonchev–Trinajstić information content (AvgIpc) is 2.18. The average molecular weight is 250 g/mol. The lowest BCUT2D eigenvalue weighted by Crippen LogP contribution is -2.51. The van der Waals surface area contributed by atoms with Crippen LogP contribution < -0.4 is 16.0 Å². The highest BCUT2D eigenvalue weighted by Crippen LogP contribution is 2.01. The van der Waals surface area contributed by atoms with Crippen molar-refractivity contribution >= 4 is 24.2 Å². The zero-order valence-electron chi connectivity index (χ0n) is 9.71. The number of carbonyl (C=O) groups is 2. The molecule has 0 saturated carbocycles. The fraction of sp³-hybridized carbons (Fsp3) is 0.800. The summed E-state index contributed by atoms with van der Waals surface area (Å²) in [5.41, 5.74) is 0. The first-order valence-corrected chi connectivity index (χ1v) is 5.38. The highest BCUT2D eigenvalue weighted by molar-refractivity contribution is 5.86. The van der Waals surface area contributed by atoms with Crippen molar-refractivity contribution in [2.75, 3.05) is 13.1 Å². The Bertz CT molecular complexity index is 242. The monoisotopic (exact) mass is 249 g/mol. The van der Waals surface area contributed by atoms with Crippen LogP contribution in [0.2, 0.25) is 0 Å². The largest absolute Gasteiger partial charge is 0.350 e. The van der Waals surface area contributed by atoms with Gasteiger partial charge in [-0.3, -0.25) is 9.59 Å². The molecule has 0 aromatic carbocycles. The molecule has 2 unspecified atom stereocenters. The molecule has 0 aromatic rings. The number of hydrogen-bond acceptors (Lipinski definition) is 3. The van der Waals surface area contributed by atoms with E-state index in [0.29, 0.717) is 0 Å². The molecule has 1 heterocycles. The van der Waals surface area contributed by atoms with Crippen molar-refractivity contribution in [1.29, 1.82) is 0 Å². The first-order chi connectivity index (χ1) is 7.09. The Kier molecular flexibility index (Phi) is 7.08. The Hall–Kier alpha value is -0.810. The standard InChI is InChI=1S/C10H19N3O2.ClH/c1-7(12-8(2)14)10(15)13-9-4-3-5-11-6-9;/h7,9,11H,3-6H2,1-2H3,(H,12,14)(H,13,15);1H. The van der Waals surface area contributed by atoms with Crippen LogP contribution in [-0.2, 0) is 9.59 Å². The Labute approximate surface area is 102 Å². The predicted octanol–water partition coefficient (Wildman–Crippen LogP) is -0.199. The van der Waals surface area contributed by atoms with E-state index in [0.717, 1.165) is 25.9 Å². The second-order valence-electron chi connectivity index (χ2n) is 3.97. The van der Waals surface area contributed by atoms with E-state index in [9.17, 15) is 9.59 Å². The molecule has 1 fully saturated rings. The topological polar surface area (TPSA) is 70.2 Å². The second kappa shape index (κ2) is 7.46. The molecule has 2 amide bonds. The summed E-state index contributed by atoms with van der Waals surface area (Å²) in [5, 5.41) is 8.69. The van der Waals surface area contributed by atoms with Crippen molar-refractivity contribution in [2.45, 2.75) is 38.8 Å². The molecule has 16 heavy (non-hydrogen) atoms. The van der Waals surface area contributed by atoms with E-state index in [4.69, 9.17) is 0 Å². The molecule has 3 N–H and O–H groups in total. The van der Waals surface area contributed by atoms with Crippen LogP contribution in [0.3, 0.4) is 0 Å². The molecular formula is C10H20ClN3O2. The third-order valence-corrected chi connectivity index (χ3v) is 2.46. The quantitative estimate of drug-likeness (QED) is 0.649. The molecule has 1 saturated heterocycles. The zero-order valence-corrected chi connectivity index (χ0v) is 10.5. The normalized spacial score (nSPS) is 21.5. The van der Waals surface area contributed by atoms with Crippen molar-refractivity contribution in [2.24, 2.45) is 0 Å². The highest BCUT2D eigenvalue weighted by atomic mass is 35.5. The minimum Gasteiger partial charge on any atom is -0.350 e.